The fraction of sp³-hybridized carbons (Fsp3) is 0.667. The third-order valence-corrected chi connectivity index (χ3v) is 1.98. The van der Waals surface area contributed by atoms with Gasteiger partial charge in [0.25, 0.3) is 0 Å². The molecule has 0 bridgehead atoms. The minimum Gasteiger partial charge on any atom is -0.464 e. The highest BCUT2D eigenvalue weighted by Crippen LogP contribution is 1.95. The van der Waals surface area contributed by atoms with Crippen LogP contribution in [0.1, 0.15) is 13.8 Å². The maximum atomic E-state index is 11.4. The molecule has 0 saturated carbocycles. The van der Waals surface area contributed by atoms with Crippen LogP contribution in [0.5, 0.6) is 0 Å². The van der Waals surface area contributed by atoms with E-state index in [4.69, 9.17) is 0 Å². The zero-order chi connectivity index (χ0) is 12.6. The summed E-state index contributed by atoms with van der Waals surface area (Å²) in [6, 6.07) is -1.40. The molecule has 0 radical (unpaired) electrons. The number of rotatable bonds is 6. The topological polar surface area (TPSA) is 81.7 Å². The Bertz CT molecular complexity index is 251. The molecule has 92 valence electrons. The zero-order valence-corrected chi connectivity index (χ0v) is 10.7. The van der Waals surface area contributed by atoms with Crippen molar-refractivity contribution in [2.24, 2.45) is 0 Å². The SMILES string of the molecule is CCOC(=O)C(NC(=O)CBr)C(=O)OCC. The van der Waals surface area contributed by atoms with Crippen molar-refractivity contribution in [1.29, 1.82) is 0 Å². The summed E-state index contributed by atoms with van der Waals surface area (Å²) in [6.45, 7) is 3.46. The Morgan fingerprint density at radius 1 is 1.12 bits per heavy atom. The number of alkyl halides is 1. The summed E-state index contributed by atoms with van der Waals surface area (Å²) < 4.78 is 9.29. The number of nitrogens with one attached hydrogen (secondary N) is 1. The van der Waals surface area contributed by atoms with Crippen molar-refractivity contribution in [3.63, 3.8) is 0 Å². The van der Waals surface area contributed by atoms with E-state index in [9.17, 15) is 14.4 Å². The van der Waals surface area contributed by atoms with Gasteiger partial charge in [-0.3, -0.25) is 4.79 Å². The Labute approximate surface area is 102 Å². The normalized spacial score (nSPS) is 9.75. The first-order chi connectivity index (χ1) is 7.56. The van der Waals surface area contributed by atoms with Gasteiger partial charge in [-0.15, -0.1) is 0 Å². The molecule has 1 amide bonds. The van der Waals surface area contributed by atoms with E-state index in [-0.39, 0.29) is 18.5 Å². The number of ether oxygens (including phenoxy) is 2. The molecule has 0 fully saturated rings. The summed E-state index contributed by atoms with van der Waals surface area (Å²) in [6.07, 6.45) is 0. The number of esters is 2. The van der Waals surface area contributed by atoms with Crippen LogP contribution in [-0.4, -0.2) is 42.4 Å². The molecule has 0 rings (SSSR count). The van der Waals surface area contributed by atoms with E-state index >= 15 is 0 Å². The van der Waals surface area contributed by atoms with Crippen LogP contribution in [0.4, 0.5) is 0 Å². The van der Waals surface area contributed by atoms with Gasteiger partial charge in [-0.2, -0.15) is 0 Å². The molecule has 0 aliphatic carbocycles. The first-order valence-corrected chi connectivity index (χ1v) is 5.87. The first kappa shape index (κ1) is 14.9. The van der Waals surface area contributed by atoms with Gasteiger partial charge < -0.3 is 14.8 Å². The van der Waals surface area contributed by atoms with Gasteiger partial charge in [0.05, 0.1) is 18.5 Å². The van der Waals surface area contributed by atoms with Crippen LogP contribution in [0.25, 0.3) is 0 Å². The fourth-order valence-electron chi connectivity index (χ4n) is 0.865. The van der Waals surface area contributed by atoms with E-state index in [0.29, 0.717) is 0 Å². The zero-order valence-electron chi connectivity index (χ0n) is 9.12. The second kappa shape index (κ2) is 8.09. The molecule has 0 atom stereocenters. The minimum atomic E-state index is -1.40. The monoisotopic (exact) mass is 295 g/mol. The van der Waals surface area contributed by atoms with E-state index in [0.717, 1.165) is 0 Å². The lowest BCUT2D eigenvalue weighted by Gasteiger charge is -2.14. The van der Waals surface area contributed by atoms with Crippen LogP contribution in [0.2, 0.25) is 0 Å². The Morgan fingerprint density at radius 2 is 1.56 bits per heavy atom. The van der Waals surface area contributed by atoms with E-state index in [1.807, 2.05) is 0 Å². The lowest BCUT2D eigenvalue weighted by Crippen LogP contribution is -2.48. The van der Waals surface area contributed by atoms with Crippen molar-refractivity contribution in [2.75, 3.05) is 18.5 Å². The quantitative estimate of drug-likeness (QED) is 0.423. The summed E-state index contributed by atoms with van der Waals surface area (Å²) >= 11 is 2.90. The number of carbonyl (C=O) groups excluding carboxylic acids is 3. The van der Waals surface area contributed by atoms with Crippen LogP contribution in [0.3, 0.4) is 0 Å². The van der Waals surface area contributed by atoms with E-state index in [1.165, 1.54) is 0 Å². The summed E-state index contributed by atoms with van der Waals surface area (Å²) in [5.41, 5.74) is 0. The average Bonchev–Trinajstić information content (AvgIpc) is 2.25. The van der Waals surface area contributed by atoms with Crippen molar-refractivity contribution < 1.29 is 23.9 Å². The van der Waals surface area contributed by atoms with Gasteiger partial charge in [0.1, 0.15) is 0 Å². The van der Waals surface area contributed by atoms with Crippen LogP contribution >= 0.6 is 15.9 Å². The van der Waals surface area contributed by atoms with Crippen LogP contribution in [0.15, 0.2) is 0 Å². The molecule has 0 aliphatic heterocycles. The van der Waals surface area contributed by atoms with Gasteiger partial charge in [0.2, 0.25) is 11.9 Å². The molecule has 0 spiro atoms. The number of carbonyl (C=O) groups is 3. The molecule has 1 N–H and O–H groups in total. The van der Waals surface area contributed by atoms with Crippen molar-refractivity contribution in [3.05, 3.63) is 0 Å². The van der Waals surface area contributed by atoms with Gasteiger partial charge >= 0.3 is 11.9 Å². The summed E-state index contributed by atoms with van der Waals surface area (Å²) in [4.78, 5) is 33.8. The number of halogens is 1. The Balaban J connectivity index is 4.55. The second-order valence-electron chi connectivity index (χ2n) is 2.64. The second-order valence-corrected chi connectivity index (χ2v) is 3.20. The van der Waals surface area contributed by atoms with E-state index in [2.05, 4.69) is 30.7 Å². The van der Waals surface area contributed by atoms with Gasteiger partial charge in [0, 0.05) is 0 Å². The molecule has 16 heavy (non-hydrogen) atoms. The molecule has 0 aromatic heterocycles. The minimum absolute atomic E-state index is 0.0116. The Hall–Kier alpha value is -1.11. The number of hydrogen-bond acceptors (Lipinski definition) is 5. The lowest BCUT2D eigenvalue weighted by molar-refractivity contribution is -0.159. The smallest absolute Gasteiger partial charge is 0.340 e. The highest BCUT2D eigenvalue weighted by atomic mass is 79.9. The average molecular weight is 296 g/mol. The van der Waals surface area contributed by atoms with Gasteiger partial charge in [-0.25, -0.2) is 9.59 Å². The highest BCUT2D eigenvalue weighted by Gasteiger charge is 2.30. The van der Waals surface area contributed by atoms with Crippen molar-refractivity contribution >= 4 is 33.8 Å². The van der Waals surface area contributed by atoms with Crippen molar-refractivity contribution in [2.45, 2.75) is 19.9 Å². The predicted octanol–water partition coefficient (Wildman–Crippen LogP) is -0.00770. The summed E-state index contributed by atoms with van der Waals surface area (Å²) in [7, 11) is 0. The van der Waals surface area contributed by atoms with Crippen molar-refractivity contribution in [1.82, 2.24) is 5.32 Å². The highest BCUT2D eigenvalue weighted by molar-refractivity contribution is 9.09. The Kier molecular flexibility index (Phi) is 7.53. The third-order valence-electron chi connectivity index (χ3n) is 1.47. The molecule has 0 aromatic carbocycles. The summed E-state index contributed by atoms with van der Waals surface area (Å²) in [5, 5.41) is 2.19. The van der Waals surface area contributed by atoms with Gasteiger partial charge in [-0.1, -0.05) is 15.9 Å². The lowest BCUT2D eigenvalue weighted by atomic mass is 10.3. The molecule has 0 aliphatic rings. The van der Waals surface area contributed by atoms with Crippen LogP contribution in [0, 0.1) is 0 Å². The van der Waals surface area contributed by atoms with Gasteiger partial charge in [0.15, 0.2) is 0 Å². The fourth-order valence-corrected chi connectivity index (χ4v) is 1.03. The molecule has 0 unspecified atom stereocenters. The summed E-state index contributed by atoms with van der Waals surface area (Å²) in [5.74, 6) is -2.14. The van der Waals surface area contributed by atoms with Crippen LogP contribution in [-0.2, 0) is 23.9 Å². The molecule has 6 nitrogen and oxygen atoms in total. The number of hydrogen-bond donors (Lipinski definition) is 1. The molecule has 0 aromatic rings. The predicted molar refractivity (Wildman–Crippen MR) is 59.0 cm³/mol. The van der Waals surface area contributed by atoms with Gasteiger partial charge in [-0.05, 0) is 13.8 Å². The van der Waals surface area contributed by atoms with Crippen LogP contribution < -0.4 is 5.32 Å². The molecule has 7 heteroatoms. The van der Waals surface area contributed by atoms with Crippen molar-refractivity contribution in [3.8, 4) is 0 Å². The Morgan fingerprint density at radius 3 is 1.88 bits per heavy atom. The standard InChI is InChI=1S/C9H14BrNO5/c1-3-15-8(13)7(9(14)16-4-2)11-6(12)5-10/h7H,3-5H2,1-2H3,(H,11,12). The molecular formula is C9H14BrNO5. The van der Waals surface area contributed by atoms with E-state index < -0.39 is 23.9 Å². The molecule has 0 heterocycles. The maximum Gasteiger partial charge on any atom is 0.340 e. The first-order valence-electron chi connectivity index (χ1n) is 4.75. The molecule has 0 saturated heterocycles. The molecular weight excluding hydrogens is 282 g/mol. The maximum absolute atomic E-state index is 11.4. The number of amides is 1. The largest absolute Gasteiger partial charge is 0.464 e. The third kappa shape index (κ3) is 5.11. The van der Waals surface area contributed by atoms with E-state index in [1.54, 1.807) is 13.8 Å².